The Balaban J connectivity index is 1.51. The van der Waals surface area contributed by atoms with Crippen molar-refractivity contribution in [1.82, 2.24) is 5.32 Å². The van der Waals surface area contributed by atoms with Crippen LogP contribution in [0.5, 0.6) is 5.75 Å². The first-order chi connectivity index (χ1) is 9.63. The van der Waals surface area contributed by atoms with Gasteiger partial charge in [-0.3, -0.25) is 4.79 Å². The maximum absolute atomic E-state index is 13.3. The molecule has 2 saturated carbocycles. The van der Waals surface area contributed by atoms with Gasteiger partial charge in [0.1, 0.15) is 5.82 Å². The van der Waals surface area contributed by atoms with Gasteiger partial charge in [0.05, 0.1) is 0 Å². The highest BCUT2D eigenvalue weighted by atomic mass is 19.1. The molecule has 20 heavy (non-hydrogen) atoms. The molecule has 1 N–H and O–H groups in total. The van der Waals surface area contributed by atoms with E-state index in [4.69, 9.17) is 4.74 Å². The second-order valence-electron chi connectivity index (χ2n) is 5.63. The van der Waals surface area contributed by atoms with Crippen molar-refractivity contribution in [2.75, 3.05) is 6.61 Å². The second kappa shape index (κ2) is 5.38. The summed E-state index contributed by atoms with van der Waals surface area (Å²) >= 11 is 0. The van der Waals surface area contributed by atoms with Gasteiger partial charge >= 0.3 is 0 Å². The lowest BCUT2D eigenvalue weighted by molar-refractivity contribution is -0.124. The lowest BCUT2D eigenvalue weighted by Gasteiger charge is -2.17. The summed E-state index contributed by atoms with van der Waals surface area (Å²) in [4.78, 5) is 11.8. The third kappa shape index (κ3) is 3.26. The Morgan fingerprint density at radius 3 is 2.45 bits per heavy atom. The molecule has 0 atom stereocenters. The molecule has 2 fully saturated rings. The standard InChI is InChI=1S/C15H17F2NO2/c16-11-5-6-13(12(17)7-11)20-8-14(19)18-15(9-1-2-9)10-3-4-10/h5-7,9-10,15H,1-4,8H2,(H,18,19). The van der Waals surface area contributed by atoms with E-state index < -0.39 is 11.6 Å². The number of hydrogen-bond donors (Lipinski definition) is 1. The average Bonchev–Trinajstić information content (AvgIpc) is 3.28. The van der Waals surface area contributed by atoms with Crippen LogP contribution < -0.4 is 10.1 Å². The Bertz CT molecular complexity index is 501. The van der Waals surface area contributed by atoms with Crippen LogP contribution in [-0.2, 0) is 4.79 Å². The summed E-state index contributed by atoms with van der Waals surface area (Å²) in [5, 5.41) is 2.98. The van der Waals surface area contributed by atoms with Crippen molar-refractivity contribution >= 4 is 5.91 Å². The van der Waals surface area contributed by atoms with E-state index in [0.717, 1.165) is 12.1 Å². The van der Waals surface area contributed by atoms with E-state index in [1.54, 1.807) is 0 Å². The SMILES string of the molecule is O=C(COc1ccc(F)cc1F)NC(C1CC1)C1CC1. The molecule has 0 unspecified atom stereocenters. The lowest BCUT2D eigenvalue weighted by atomic mass is 10.1. The molecule has 0 spiro atoms. The minimum absolute atomic E-state index is 0.101. The molecule has 2 aliphatic carbocycles. The van der Waals surface area contributed by atoms with Crippen LogP contribution in [0.3, 0.4) is 0 Å². The number of hydrogen-bond acceptors (Lipinski definition) is 2. The van der Waals surface area contributed by atoms with Crippen molar-refractivity contribution in [2.24, 2.45) is 11.8 Å². The van der Waals surface area contributed by atoms with Gasteiger partial charge in [0.25, 0.3) is 5.91 Å². The van der Waals surface area contributed by atoms with E-state index in [-0.39, 0.29) is 24.3 Å². The highest BCUT2D eigenvalue weighted by Crippen LogP contribution is 2.44. The van der Waals surface area contributed by atoms with Crippen molar-refractivity contribution in [3.63, 3.8) is 0 Å². The first-order valence-corrected chi connectivity index (χ1v) is 7.00. The predicted molar refractivity (Wildman–Crippen MR) is 69.2 cm³/mol. The summed E-state index contributed by atoms with van der Waals surface area (Å²) in [5.41, 5.74) is 0. The fraction of sp³-hybridized carbons (Fsp3) is 0.533. The van der Waals surface area contributed by atoms with E-state index in [9.17, 15) is 13.6 Å². The van der Waals surface area contributed by atoms with Crippen LogP contribution in [-0.4, -0.2) is 18.6 Å². The summed E-state index contributed by atoms with van der Waals surface area (Å²) in [6.07, 6.45) is 4.70. The molecule has 0 aliphatic heterocycles. The number of carbonyl (C=O) groups excluding carboxylic acids is 1. The molecule has 108 valence electrons. The van der Waals surface area contributed by atoms with Gasteiger partial charge in [-0.1, -0.05) is 0 Å². The largest absolute Gasteiger partial charge is 0.481 e. The number of benzene rings is 1. The Hall–Kier alpha value is -1.65. The van der Waals surface area contributed by atoms with Gasteiger partial charge in [0, 0.05) is 12.1 Å². The van der Waals surface area contributed by atoms with Gasteiger partial charge < -0.3 is 10.1 Å². The Kier molecular flexibility index (Phi) is 3.59. The Morgan fingerprint density at radius 2 is 1.90 bits per heavy atom. The van der Waals surface area contributed by atoms with E-state index >= 15 is 0 Å². The molecule has 1 aromatic carbocycles. The molecule has 2 aliphatic rings. The van der Waals surface area contributed by atoms with Gasteiger partial charge in [0.2, 0.25) is 0 Å². The summed E-state index contributed by atoms with van der Waals surface area (Å²) in [5.74, 6) is -0.586. The number of halogens is 2. The van der Waals surface area contributed by atoms with Gasteiger partial charge in [-0.15, -0.1) is 0 Å². The molecule has 1 aromatic rings. The normalized spacial score (nSPS) is 18.1. The van der Waals surface area contributed by atoms with E-state index in [0.29, 0.717) is 11.8 Å². The molecular formula is C15H17F2NO2. The monoisotopic (exact) mass is 281 g/mol. The molecule has 0 heterocycles. The van der Waals surface area contributed by atoms with Crippen LogP contribution in [0, 0.1) is 23.5 Å². The predicted octanol–water partition coefficient (Wildman–Crippen LogP) is 2.65. The van der Waals surface area contributed by atoms with E-state index in [2.05, 4.69) is 5.32 Å². The third-order valence-electron chi connectivity index (χ3n) is 3.84. The number of nitrogens with one attached hydrogen (secondary N) is 1. The van der Waals surface area contributed by atoms with E-state index in [1.165, 1.54) is 31.7 Å². The van der Waals surface area contributed by atoms with Gasteiger partial charge in [0.15, 0.2) is 18.2 Å². The first kappa shape index (κ1) is 13.3. The van der Waals surface area contributed by atoms with Crippen molar-refractivity contribution in [2.45, 2.75) is 31.7 Å². The average molecular weight is 281 g/mol. The van der Waals surface area contributed by atoms with Crippen molar-refractivity contribution in [1.29, 1.82) is 0 Å². The second-order valence-corrected chi connectivity index (χ2v) is 5.63. The molecular weight excluding hydrogens is 264 g/mol. The number of amides is 1. The van der Waals surface area contributed by atoms with Crippen molar-refractivity contribution in [3.05, 3.63) is 29.8 Å². The Morgan fingerprint density at radius 1 is 1.25 bits per heavy atom. The van der Waals surface area contributed by atoms with Crippen molar-refractivity contribution < 1.29 is 18.3 Å². The van der Waals surface area contributed by atoms with Crippen LogP contribution in [0.2, 0.25) is 0 Å². The number of rotatable bonds is 6. The summed E-state index contributed by atoms with van der Waals surface area (Å²) in [7, 11) is 0. The molecule has 0 bridgehead atoms. The third-order valence-corrected chi connectivity index (χ3v) is 3.84. The zero-order chi connectivity index (χ0) is 14.1. The van der Waals surface area contributed by atoms with Crippen LogP contribution in [0.25, 0.3) is 0 Å². The quantitative estimate of drug-likeness (QED) is 0.870. The van der Waals surface area contributed by atoms with Crippen LogP contribution in [0.15, 0.2) is 18.2 Å². The first-order valence-electron chi connectivity index (χ1n) is 7.00. The van der Waals surface area contributed by atoms with Gasteiger partial charge in [-0.05, 0) is 49.7 Å². The smallest absolute Gasteiger partial charge is 0.258 e. The Labute approximate surface area is 116 Å². The molecule has 3 rings (SSSR count). The lowest BCUT2D eigenvalue weighted by Crippen LogP contribution is -2.40. The maximum Gasteiger partial charge on any atom is 0.258 e. The molecule has 0 radical (unpaired) electrons. The zero-order valence-electron chi connectivity index (χ0n) is 11.1. The molecule has 0 aromatic heterocycles. The number of ether oxygens (including phenoxy) is 1. The minimum atomic E-state index is -0.793. The van der Waals surface area contributed by atoms with Gasteiger partial charge in [-0.25, -0.2) is 8.78 Å². The molecule has 5 heteroatoms. The van der Waals surface area contributed by atoms with Crippen LogP contribution in [0.4, 0.5) is 8.78 Å². The number of carbonyl (C=O) groups is 1. The van der Waals surface area contributed by atoms with Crippen LogP contribution in [0.1, 0.15) is 25.7 Å². The topological polar surface area (TPSA) is 38.3 Å². The van der Waals surface area contributed by atoms with Crippen LogP contribution >= 0.6 is 0 Å². The van der Waals surface area contributed by atoms with Crippen molar-refractivity contribution in [3.8, 4) is 5.75 Å². The summed E-state index contributed by atoms with van der Waals surface area (Å²) in [6.45, 7) is -0.238. The van der Waals surface area contributed by atoms with Gasteiger partial charge in [-0.2, -0.15) is 0 Å². The minimum Gasteiger partial charge on any atom is -0.481 e. The maximum atomic E-state index is 13.3. The van der Waals surface area contributed by atoms with E-state index in [1.807, 2.05) is 0 Å². The zero-order valence-corrected chi connectivity index (χ0v) is 11.1. The highest BCUT2D eigenvalue weighted by molar-refractivity contribution is 5.78. The highest BCUT2D eigenvalue weighted by Gasteiger charge is 2.42. The summed E-state index contributed by atoms with van der Waals surface area (Å²) < 4.78 is 31.2. The molecule has 3 nitrogen and oxygen atoms in total. The molecule has 0 saturated heterocycles. The molecule has 1 amide bonds. The summed E-state index contributed by atoms with van der Waals surface area (Å²) in [6, 6.07) is 3.29. The fourth-order valence-corrected chi connectivity index (χ4v) is 2.49. The fourth-order valence-electron chi connectivity index (χ4n) is 2.49.